The van der Waals surface area contributed by atoms with E-state index in [1.165, 1.54) is 0 Å². The Morgan fingerprint density at radius 2 is 1.83 bits per heavy atom. The predicted octanol–water partition coefficient (Wildman–Crippen LogP) is 3.00. The summed E-state index contributed by atoms with van der Waals surface area (Å²) in [5, 5.41) is 5.57. The molecule has 1 unspecified atom stereocenters. The molecular formula is C23H23N3O4. The van der Waals surface area contributed by atoms with Crippen molar-refractivity contribution in [3.05, 3.63) is 65.2 Å². The summed E-state index contributed by atoms with van der Waals surface area (Å²) in [6, 6.07) is 13.5. The smallest absolute Gasteiger partial charge is 0.325 e. The van der Waals surface area contributed by atoms with E-state index in [0.717, 1.165) is 28.9 Å². The third-order valence-corrected chi connectivity index (χ3v) is 5.76. The molecule has 2 N–H and O–H groups in total. The highest BCUT2D eigenvalue weighted by atomic mass is 16.2. The van der Waals surface area contributed by atoms with E-state index in [-0.39, 0.29) is 24.1 Å². The van der Waals surface area contributed by atoms with Gasteiger partial charge in [-0.3, -0.25) is 19.3 Å². The molecule has 1 heterocycles. The molecule has 2 aromatic carbocycles. The number of aryl methyl sites for hydroxylation is 1. The highest BCUT2D eigenvalue weighted by Crippen LogP contribution is 2.39. The Kier molecular flexibility index (Phi) is 5.11. The van der Waals surface area contributed by atoms with Crippen LogP contribution in [-0.4, -0.2) is 35.1 Å². The van der Waals surface area contributed by atoms with Gasteiger partial charge in [0.05, 0.1) is 6.54 Å². The molecule has 7 nitrogen and oxygen atoms in total. The third kappa shape index (κ3) is 3.36. The van der Waals surface area contributed by atoms with Gasteiger partial charge in [0.15, 0.2) is 5.78 Å². The number of hydrogen-bond donors (Lipinski definition) is 2. The first-order valence-electron chi connectivity index (χ1n) is 10.1. The Labute approximate surface area is 174 Å². The van der Waals surface area contributed by atoms with Crippen LogP contribution in [0.2, 0.25) is 0 Å². The number of urea groups is 1. The fourth-order valence-corrected chi connectivity index (χ4v) is 4.18. The quantitative estimate of drug-likeness (QED) is 0.590. The maximum absolute atomic E-state index is 13.3. The van der Waals surface area contributed by atoms with Gasteiger partial charge in [-0.15, -0.1) is 0 Å². The standard InChI is InChI=1S/C23H23N3O4/c1-2-20(28)24-17-11-9-16(10-12-17)19(27)14-26-21(29)23(25-22(26)30)13-5-7-15-6-3-4-8-18(15)23/h3-4,6,8-12H,2,5,7,13-14H2,1H3,(H,24,28)(H,25,30). The summed E-state index contributed by atoms with van der Waals surface area (Å²) >= 11 is 0. The second-order valence-corrected chi connectivity index (χ2v) is 7.64. The van der Waals surface area contributed by atoms with Crippen molar-refractivity contribution in [2.24, 2.45) is 0 Å². The Balaban J connectivity index is 1.52. The molecule has 1 saturated heterocycles. The first-order chi connectivity index (χ1) is 14.4. The van der Waals surface area contributed by atoms with Gasteiger partial charge in [0.25, 0.3) is 5.91 Å². The van der Waals surface area contributed by atoms with Crippen molar-refractivity contribution < 1.29 is 19.2 Å². The number of nitrogens with one attached hydrogen (secondary N) is 2. The summed E-state index contributed by atoms with van der Waals surface area (Å²) in [5.74, 6) is -0.834. The zero-order valence-electron chi connectivity index (χ0n) is 16.7. The minimum Gasteiger partial charge on any atom is -0.326 e. The lowest BCUT2D eigenvalue weighted by molar-refractivity contribution is -0.131. The average molecular weight is 405 g/mol. The second-order valence-electron chi connectivity index (χ2n) is 7.64. The highest BCUT2D eigenvalue weighted by molar-refractivity contribution is 6.11. The summed E-state index contributed by atoms with van der Waals surface area (Å²) in [5.41, 5.74) is 1.75. The van der Waals surface area contributed by atoms with Crippen LogP contribution in [0.1, 0.15) is 47.7 Å². The number of amides is 4. The van der Waals surface area contributed by atoms with Crippen molar-refractivity contribution in [2.75, 3.05) is 11.9 Å². The van der Waals surface area contributed by atoms with E-state index in [4.69, 9.17) is 0 Å². The van der Waals surface area contributed by atoms with Crippen LogP contribution >= 0.6 is 0 Å². The van der Waals surface area contributed by atoms with Crippen LogP contribution in [0.5, 0.6) is 0 Å². The molecule has 2 aromatic rings. The second kappa shape index (κ2) is 7.74. The van der Waals surface area contributed by atoms with Crippen LogP contribution in [-0.2, 0) is 21.5 Å². The Bertz CT molecular complexity index is 1030. The number of imide groups is 1. The third-order valence-electron chi connectivity index (χ3n) is 5.76. The molecule has 4 amide bonds. The lowest BCUT2D eigenvalue weighted by Crippen LogP contribution is -2.46. The van der Waals surface area contributed by atoms with Crippen molar-refractivity contribution in [3.8, 4) is 0 Å². The molecule has 1 aliphatic heterocycles. The van der Waals surface area contributed by atoms with E-state index in [2.05, 4.69) is 10.6 Å². The Hall–Kier alpha value is -3.48. The van der Waals surface area contributed by atoms with Crippen LogP contribution in [0.3, 0.4) is 0 Å². The van der Waals surface area contributed by atoms with Gasteiger partial charge in [0, 0.05) is 17.7 Å². The molecule has 30 heavy (non-hydrogen) atoms. The molecule has 0 saturated carbocycles. The highest BCUT2D eigenvalue weighted by Gasteiger charge is 2.54. The number of fused-ring (bicyclic) bond motifs is 2. The van der Waals surface area contributed by atoms with Crippen LogP contribution in [0.25, 0.3) is 0 Å². The number of nitrogens with zero attached hydrogens (tertiary/aromatic N) is 1. The van der Waals surface area contributed by atoms with Crippen LogP contribution < -0.4 is 10.6 Å². The maximum Gasteiger partial charge on any atom is 0.325 e. The Morgan fingerprint density at radius 1 is 1.10 bits per heavy atom. The van der Waals surface area contributed by atoms with Crippen LogP contribution in [0.15, 0.2) is 48.5 Å². The number of Topliss-reactive ketones (excluding diaryl/α,β-unsaturated/α-hetero) is 1. The Morgan fingerprint density at radius 3 is 2.57 bits per heavy atom. The van der Waals surface area contributed by atoms with Gasteiger partial charge in [-0.1, -0.05) is 31.2 Å². The first-order valence-corrected chi connectivity index (χ1v) is 10.1. The van der Waals surface area contributed by atoms with Crippen molar-refractivity contribution in [1.29, 1.82) is 0 Å². The largest absolute Gasteiger partial charge is 0.326 e. The van der Waals surface area contributed by atoms with Gasteiger partial charge in [-0.05, 0) is 54.7 Å². The van der Waals surface area contributed by atoms with E-state index in [9.17, 15) is 19.2 Å². The zero-order chi connectivity index (χ0) is 21.3. The molecule has 4 rings (SSSR count). The molecule has 1 spiro atoms. The number of anilines is 1. The van der Waals surface area contributed by atoms with Crippen molar-refractivity contribution in [2.45, 2.75) is 38.1 Å². The molecule has 1 aliphatic carbocycles. The zero-order valence-corrected chi connectivity index (χ0v) is 16.7. The summed E-state index contributed by atoms with van der Waals surface area (Å²) in [6.45, 7) is 1.43. The van der Waals surface area contributed by atoms with Crippen molar-refractivity contribution in [1.82, 2.24) is 10.2 Å². The number of benzene rings is 2. The molecule has 7 heteroatoms. The summed E-state index contributed by atoms with van der Waals surface area (Å²) < 4.78 is 0. The normalized spacial score (nSPS) is 20.1. The lowest BCUT2D eigenvalue weighted by atomic mass is 9.76. The van der Waals surface area contributed by atoms with Crippen molar-refractivity contribution in [3.63, 3.8) is 0 Å². The van der Waals surface area contributed by atoms with Crippen molar-refractivity contribution >= 4 is 29.3 Å². The van der Waals surface area contributed by atoms with E-state index in [1.54, 1.807) is 31.2 Å². The van der Waals surface area contributed by atoms with E-state index in [1.807, 2.05) is 24.3 Å². The molecule has 2 aliphatic rings. The molecule has 0 bridgehead atoms. The minimum absolute atomic E-state index is 0.119. The van der Waals surface area contributed by atoms with E-state index < -0.39 is 11.6 Å². The van der Waals surface area contributed by atoms with Gasteiger partial charge >= 0.3 is 6.03 Å². The van der Waals surface area contributed by atoms with Gasteiger partial charge in [0.2, 0.25) is 5.91 Å². The first kappa shape index (κ1) is 19.8. The minimum atomic E-state index is -1.08. The van der Waals surface area contributed by atoms with Crippen LogP contribution in [0, 0.1) is 0 Å². The molecule has 1 atom stereocenters. The SMILES string of the molecule is CCC(=O)Nc1ccc(C(=O)CN2C(=O)NC3(CCCc4ccccc43)C2=O)cc1. The van der Waals surface area contributed by atoms with E-state index in [0.29, 0.717) is 24.1 Å². The van der Waals surface area contributed by atoms with Gasteiger partial charge in [-0.2, -0.15) is 0 Å². The van der Waals surface area contributed by atoms with Gasteiger partial charge < -0.3 is 10.6 Å². The number of ketones is 1. The summed E-state index contributed by atoms with van der Waals surface area (Å²) in [7, 11) is 0. The molecular weight excluding hydrogens is 382 g/mol. The lowest BCUT2D eigenvalue weighted by Gasteiger charge is -2.33. The predicted molar refractivity (Wildman–Crippen MR) is 111 cm³/mol. The molecule has 1 fully saturated rings. The number of hydrogen-bond acceptors (Lipinski definition) is 4. The van der Waals surface area contributed by atoms with Crippen LogP contribution in [0.4, 0.5) is 10.5 Å². The fraction of sp³-hybridized carbons (Fsp3) is 0.304. The molecule has 154 valence electrons. The average Bonchev–Trinajstić information content (AvgIpc) is 2.99. The molecule has 0 aromatic heterocycles. The monoisotopic (exact) mass is 405 g/mol. The number of rotatable bonds is 5. The van der Waals surface area contributed by atoms with E-state index >= 15 is 0 Å². The topological polar surface area (TPSA) is 95.6 Å². The summed E-state index contributed by atoms with van der Waals surface area (Å²) in [6.07, 6.45) is 2.53. The number of carbonyl (C=O) groups is 4. The summed E-state index contributed by atoms with van der Waals surface area (Å²) in [4.78, 5) is 51.1. The number of carbonyl (C=O) groups excluding carboxylic acids is 4. The maximum atomic E-state index is 13.3. The van der Waals surface area contributed by atoms with Gasteiger partial charge in [-0.25, -0.2) is 4.79 Å². The molecule has 0 radical (unpaired) electrons. The van der Waals surface area contributed by atoms with Gasteiger partial charge in [0.1, 0.15) is 5.54 Å². The fourth-order valence-electron chi connectivity index (χ4n) is 4.18.